The van der Waals surface area contributed by atoms with Crippen LogP contribution < -0.4 is 10.6 Å². The van der Waals surface area contributed by atoms with Gasteiger partial charge >= 0.3 is 0 Å². The first-order chi connectivity index (χ1) is 9.67. The van der Waals surface area contributed by atoms with Gasteiger partial charge in [0.05, 0.1) is 19.3 Å². The van der Waals surface area contributed by atoms with Gasteiger partial charge in [0.25, 0.3) is 0 Å². The minimum absolute atomic E-state index is 0. The van der Waals surface area contributed by atoms with E-state index in [0.29, 0.717) is 0 Å². The van der Waals surface area contributed by atoms with E-state index < -0.39 is 0 Å². The predicted molar refractivity (Wildman–Crippen MR) is 99.9 cm³/mol. The van der Waals surface area contributed by atoms with Gasteiger partial charge in [0, 0.05) is 36.4 Å². The third kappa shape index (κ3) is 6.50. The van der Waals surface area contributed by atoms with E-state index in [9.17, 15) is 0 Å². The van der Waals surface area contributed by atoms with Gasteiger partial charge in [-0.15, -0.1) is 35.3 Å². The molecule has 2 N–H and O–H groups in total. The summed E-state index contributed by atoms with van der Waals surface area (Å²) >= 11 is 1.81. The first-order valence-electron chi connectivity index (χ1n) is 6.97. The lowest BCUT2D eigenvalue weighted by atomic mass is 10.3. The Labute approximate surface area is 148 Å². The number of aryl methyl sites for hydroxylation is 1. The Morgan fingerprint density at radius 1 is 1.48 bits per heavy atom. The second-order valence-corrected chi connectivity index (χ2v) is 6.45. The van der Waals surface area contributed by atoms with Crippen LogP contribution >= 0.6 is 35.3 Å². The van der Waals surface area contributed by atoms with Gasteiger partial charge in [-0.25, -0.2) is 0 Å². The van der Waals surface area contributed by atoms with E-state index >= 15 is 0 Å². The van der Waals surface area contributed by atoms with Crippen LogP contribution in [0.3, 0.4) is 0 Å². The van der Waals surface area contributed by atoms with Gasteiger partial charge in [0.2, 0.25) is 0 Å². The van der Waals surface area contributed by atoms with Crippen LogP contribution in [0.1, 0.15) is 9.75 Å². The van der Waals surface area contributed by atoms with E-state index in [1.807, 2.05) is 11.3 Å². The molecule has 5 nitrogen and oxygen atoms in total. The largest absolute Gasteiger partial charge is 0.374 e. The number of hydrogen-bond donors (Lipinski definition) is 2. The maximum atomic E-state index is 5.72. The molecule has 120 valence electrons. The molecule has 1 aromatic heterocycles. The van der Waals surface area contributed by atoms with Crippen LogP contribution in [0.4, 0.5) is 0 Å². The van der Waals surface area contributed by atoms with Crippen LogP contribution in [0.5, 0.6) is 0 Å². The lowest BCUT2D eigenvalue weighted by molar-refractivity contribution is -0.0161. The van der Waals surface area contributed by atoms with Gasteiger partial charge in [-0.05, 0) is 26.1 Å². The second kappa shape index (κ2) is 9.60. The fourth-order valence-electron chi connectivity index (χ4n) is 2.17. The second-order valence-electron chi connectivity index (χ2n) is 5.07. The minimum Gasteiger partial charge on any atom is -0.374 e. The number of likely N-dealkylation sites (N-methyl/N-ethyl adjacent to an activating group) is 1. The van der Waals surface area contributed by atoms with Gasteiger partial charge in [-0.3, -0.25) is 4.99 Å². The Bertz CT molecular complexity index is 452. The van der Waals surface area contributed by atoms with Crippen molar-refractivity contribution in [1.82, 2.24) is 15.5 Å². The van der Waals surface area contributed by atoms with E-state index in [1.54, 1.807) is 7.05 Å². The monoisotopic (exact) mass is 424 g/mol. The van der Waals surface area contributed by atoms with Gasteiger partial charge in [0.1, 0.15) is 0 Å². The summed E-state index contributed by atoms with van der Waals surface area (Å²) in [6, 6.07) is 4.29. The molecule has 0 radical (unpaired) electrons. The number of thiophene rings is 1. The third-order valence-electron chi connectivity index (χ3n) is 3.29. The average molecular weight is 424 g/mol. The summed E-state index contributed by atoms with van der Waals surface area (Å²) in [7, 11) is 3.92. The van der Waals surface area contributed by atoms with Crippen LogP contribution in [0, 0.1) is 6.92 Å². The lowest BCUT2D eigenvalue weighted by Gasteiger charge is -2.30. The smallest absolute Gasteiger partial charge is 0.191 e. The number of nitrogens with zero attached hydrogens (tertiary/aromatic N) is 2. The molecular formula is C14H25IN4OS. The van der Waals surface area contributed by atoms with Crippen LogP contribution in [0.15, 0.2) is 17.1 Å². The molecule has 1 saturated heterocycles. The van der Waals surface area contributed by atoms with E-state index in [2.05, 4.69) is 46.6 Å². The number of halogens is 1. The zero-order chi connectivity index (χ0) is 14.4. The number of guanidine groups is 1. The van der Waals surface area contributed by atoms with Crippen LogP contribution in [0.2, 0.25) is 0 Å². The summed E-state index contributed by atoms with van der Waals surface area (Å²) in [4.78, 5) is 9.19. The van der Waals surface area contributed by atoms with E-state index in [0.717, 1.165) is 38.7 Å². The molecule has 0 saturated carbocycles. The van der Waals surface area contributed by atoms with Crippen molar-refractivity contribution in [2.24, 2.45) is 4.99 Å². The average Bonchev–Trinajstić information content (AvgIpc) is 2.85. The van der Waals surface area contributed by atoms with Crippen LogP contribution in [-0.2, 0) is 11.3 Å². The number of hydrogen-bond acceptors (Lipinski definition) is 4. The van der Waals surface area contributed by atoms with Crippen molar-refractivity contribution in [3.05, 3.63) is 21.9 Å². The Morgan fingerprint density at radius 2 is 2.29 bits per heavy atom. The summed E-state index contributed by atoms with van der Waals surface area (Å²) in [5.74, 6) is 0.827. The van der Waals surface area contributed by atoms with Crippen molar-refractivity contribution in [3.63, 3.8) is 0 Å². The molecule has 2 rings (SSSR count). The molecule has 0 bridgehead atoms. The van der Waals surface area contributed by atoms with E-state index in [4.69, 9.17) is 4.74 Å². The predicted octanol–water partition coefficient (Wildman–Crippen LogP) is 1.67. The summed E-state index contributed by atoms with van der Waals surface area (Å²) in [6.45, 7) is 6.51. The van der Waals surface area contributed by atoms with Crippen LogP contribution in [0.25, 0.3) is 0 Å². The van der Waals surface area contributed by atoms with Gasteiger partial charge in [-0.2, -0.15) is 0 Å². The highest BCUT2D eigenvalue weighted by atomic mass is 127. The van der Waals surface area contributed by atoms with Crippen molar-refractivity contribution in [3.8, 4) is 0 Å². The number of nitrogens with one attached hydrogen (secondary N) is 2. The fourth-order valence-corrected chi connectivity index (χ4v) is 3.00. The molecular weight excluding hydrogens is 399 g/mol. The molecule has 0 spiro atoms. The van der Waals surface area contributed by atoms with Crippen molar-refractivity contribution in [1.29, 1.82) is 0 Å². The van der Waals surface area contributed by atoms with Crippen molar-refractivity contribution < 1.29 is 4.74 Å². The lowest BCUT2D eigenvalue weighted by Crippen LogP contribution is -2.48. The zero-order valence-corrected chi connectivity index (χ0v) is 16.0. The van der Waals surface area contributed by atoms with Gasteiger partial charge in [-0.1, -0.05) is 0 Å². The highest BCUT2D eigenvalue weighted by molar-refractivity contribution is 14.0. The fraction of sp³-hybridized carbons (Fsp3) is 0.643. The molecule has 1 unspecified atom stereocenters. The normalized spacial score (nSPS) is 20.0. The highest BCUT2D eigenvalue weighted by Gasteiger charge is 2.17. The van der Waals surface area contributed by atoms with Crippen LogP contribution in [-0.4, -0.2) is 57.3 Å². The number of aliphatic imine (C=N–C) groups is 1. The Morgan fingerprint density at radius 3 is 2.90 bits per heavy atom. The van der Waals surface area contributed by atoms with Gasteiger partial charge < -0.3 is 20.3 Å². The van der Waals surface area contributed by atoms with Gasteiger partial charge in [0.15, 0.2) is 5.96 Å². The number of ether oxygens (including phenoxy) is 1. The molecule has 1 fully saturated rings. The first kappa shape index (κ1) is 18.7. The topological polar surface area (TPSA) is 48.9 Å². The minimum atomic E-state index is 0. The van der Waals surface area contributed by atoms with Crippen molar-refractivity contribution >= 4 is 41.3 Å². The zero-order valence-electron chi connectivity index (χ0n) is 12.9. The summed E-state index contributed by atoms with van der Waals surface area (Å²) in [5, 5.41) is 6.66. The molecule has 7 heteroatoms. The third-order valence-corrected chi connectivity index (χ3v) is 4.29. The molecule has 1 aromatic rings. The summed E-state index contributed by atoms with van der Waals surface area (Å²) in [6.07, 6.45) is 0.233. The quantitative estimate of drug-likeness (QED) is 0.439. The Kier molecular flexibility index (Phi) is 8.53. The molecule has 2 heterocycles. The summed E-state index contributed by atoms with van der Waals surface area (Å²) < 4.78 is 5.72. The SMILES string of the molecule is CN=C(NCc1ccc(C)s1)NCC1CN(C)CCO1.I. The Hall–Kier alpha value is -0.380. The number of morpholine rings is 1. The molecule has 1 aliphatic heterocycles. The first-order valence-corrected chi connectivity index (χ1v) is 7.79. The molecule has 1 atom stereocenters. The molecule has 0 amide bonds. The number of rotatable bonds is 4. The summed E-state index contributed by atoms with van der Waals surface area (Å²) in [5.41, 5.74) is 0. The standard InChI is InChI=1S/C14H24N4OS.HI/c1-11-4-5-13(20-11)9-17-14(15-2)16-8-12-10-18(3)6-7-19-12;/h4-5,12H,6-10H2,1-3H3,(H2,15,16,17);1H. The molecule has 1 aliphatic rings. The van der Waals surface area contributed by atoms with Crippen molar-refractivity contribution in [2.75, 3.05) is 40.3 Å². The molecule has 21 heavy (non-hydrogen) atoms. The van der Waals surface area contributed by atoms with E-state index in [1.165, 1.54) is 9.75 Å². The Balaban J connectivity index is 0.00000220. The maximum Gasteiger partial charge on any atom is 0.191 e. The maximum absolute atomic E-state index is 5.72. The highest BCUT2D eigenvalue weighted by Crippen LogP contribution is 2.14. The van der Waals surface area contributed by atoms with Crippen molar-refractivity contribution in [2.45, 2.75) is 19.6 Å². The molecule has 0 aliphatic carbocycles. The van der Waals surface area contributed by atoms with E-state index in [-0.39, 0.29) is 30.1 Å². The molecule has 0 aromatic carbocycles.